The monoisotopic (exact) mass is 286 g/mol. The van der Waals surface area contributed by atoms with Gasteiger partial charge in [0.25, 0.3) is 0 Å². The summed E-state index contributed by atoms with van der Waals surface area (Å²) in [7, 11) is 0. The molecule has 20 heavy (non-hydrogen) atoms. The largest absolute Gasteiger partial charge is 0.394 e. The Hall–Kier alpha value is -0.420. The van der Waals surface area contributed by atoms with E-state index in [1.807, 2.05) is 6.08 Å². The SMILES string of the molecule is CCCCCCCCC/C=C/C1O[C@H](CO)[C@@H](O)[C@@H]1O. The Morgan fingerprint density at radius 1 is 0.950 bits per heavy atom. The second-order valence-electron chi connectivity index (χ2n) is 5.64. The van der Waals surface area contributed by atoms with Gasteiger partial charge in [0.15, 0.2) is 0 Å². The average molecular weight is 286 g/mol. The smallest absolute Gasteiger partial charge is 0.112 e. The number of ether oxygens (including phenoxy) is 1. The van der Waals surface area contributed by atoms with Crippen molar-refractivity contribution in [1.29, 1.82) is 0 Å². The maximum Gasteiger partial charge on any atom is 0.112 e. The van der Waals surface area contributed by atoms with Gasteiger partial charge in [0.05, 0.1) is 6.61 Å². The van der Waals surface area contributed by atoms with Gasteiger partial charge in [-0.25, -0.2) is 0 Å². The van der Waals surface area contributed by atoms with Gasteiger partial charge in [-0.1, -0.05) is 57.6 Å². The highest BCUT2D eigenvalue weighted by atomic mass is 16.6. The summed E-state index contributed by atoms with van der Waals surface area (Å²) in [5, 5.41) is 28.3. The number of hydrogen-bond donors (Lipinski definition) is 3. The molecule has 0 bridgehead atoms. The van der Waals surface area contributed by atoms with Crippen LogP contribution in [0.15, 0.2) is 12.2 Å². The molecule has 1 saturated heterocycles. The standard InChI is InChI=1S/C16H30O4/c1-2-3-4-5-6-7-8-9-10-11-13-15(18)16(19)14(12-17)20-13/h10-11,13-19H,2-9,12H2,1H3/b11-10+/t13?,14-,15-,16-/m1/s1. The molecule has 4 heteroatoms. The molecular weight excluding hydrogens is 256 g/mol. The number of hydrogen-bond acceptors (Lipinski definition) is 4. The molecule has 0 saturated carbocycles. The minimum Gasteiger partial charge on any atom is -0.394 e. The van der Waals surface area contributed by atoms with E-state index in [0.717, 1.165) is 12.8 Å². The fourth-order valence-corrected chi connectivity index (χ4v) is 2.54. The summed E-state index contributed by atoms with van der Waals surface area (Å²) in [5.74, 6) is 0. The molecule has 1 heterocycles. The van der Waals surface area contributed by atoms with E-state index in [4.69, 9.17) is 9.84 Å². The van der Waals surface area contributed by atoms with Gasteiger partial charge in [-0.2, -0.15) is 0 Å². The van der Waals surface area contributed by atoms with Crippen LogP contribution in [0.25, 0.3) is 0 Å². The van der Waals surface area contributed by atoms with Crippen molar-refractivity contribution >= 4 is 0 Å². The van der Waals surface area contributed by atoms with Crippen LogP contribution in [0.3, 0.4) is 0 Å². The molecule has 1 aliphatic rings. The minimum absolute atomic E-state index is 0.264. The van der Waals surface area contributed by atoms with E-state index in [1.165, 1.54) is 38.5 Å². The molecule has 1 unspecified atom stereocenters. The highest BCUT2D eigenvalue weighted by molar-refractivity contribution is 5.02. The normalized spacial score (nSPS) is 30.4. The lowest BCUT2D eigenvalue weighted by molar-refractivity contribution is -0.0123. The molecule has 3 N–H and O–H groups in total. The Balaban J connectivity index is 2.07. The van der Waals surface area contributed by atoms with Gasteiger partial charge in [-0.05, 0) is 12.8 Å². The van der Waals surface area contributed by atoms with Crippen LogP contribution in [-0.4, -0.2) is 46.3 Å². The minimum atomic E-state index is -0.992. The van der Waals surface area contributed by atoms with Crippen LogP contribution in [0, 0.1) is 0 Å². The number of aliphatic hydroxyl groups excluding tert-OH is 3. The Morgan fingerprint density at radius 2 is 1.60 bits per heavy atom. The van der Waals surface area contributed by atoms with Gasteiger partial charge in [0, 0.05) is 0 Å². The first-order valence-electron chi connectivity index (χ1n) is 7.99. The third kappa shape index (κ3) is 5.92. The third-order valence-electron chi connectivity index (χ3n) is 3.88. The zero-order valence-corrected chi connectivity index (χ0v) is 12.6. The zero-order valence-electron chi connectivity index (χ0n) is 12.6. The Bertz CT molecular complexity index is 267. The molecule has 0 aromatic carbocycles. The predicted octanol–water partition coefficient (Wildman–Crippen LogP) is 2.16. The lowest BCUT2D eigenvalue weighted by atomic mass is 10.1. The summed E-state index contributed by atoms with van der Waals surface area (Å²) in [6.07, 6.45) is 10.7. The fourth-order valence-electron chi connectivity index (χ4n) is 2.54. The summed E-state index contributed by atoms with van der Waals surface area (Å²) in [6, 6.07) is 0. The summed E-state index contributed by atoms with van der Waals surface area (Å²) in [6.45, 7) is 1.96. The van der Waals surface area contributed by atoms with Gasteiger partial charge < -0.3 is 20.1 Å². The van der Waals surface area contributed by atoms with Crippen molar-refractivity contribution < 1.29 is 20.1 Å². The molecule has 0 spiro atoms. The number of rotatable bonds is 10. The lowest BCUT2D eigenvalue weighted by Gasteiger charge is -2.10. The first kappa shape index (κ1) is 17.6. The van der Waals surface area contributed by atoms with Crippen LogP contribution in [0.4, 0.5) is 0 Å². The second kappa shape index (κ2) is 10.3. The Morgan fingerprint density at radius 3 is 2.20 bits per heavy atom. The van der Waals surface area contributed by atoms with Crippen LogP contribution in [0.2, 0.25) is 0 Å². The molecule has 4 atom stereocenters. The van der Waals surface area contributed by atoms with E-state index in [9.17, 15) is 10.2 Å². The molecule has 4 nitrogen and oxygen atoms in total. The summed E-state index contributed by atoms with van der Waals surface area (Å²) < 4.78 is 5.37. The van der Waals surface area contributed by atoms with Crippen molar-refractivity contribution in [3.8, 4) is 0 Å². The van der Waals surface area contributed by atoms with Crippen LogP contribution >= 0.6 is 0 Å². The lowest BCUT2D eigenvalue weighted by Crippen LogP contribution is -2.33. The van der Waals surface area contributed by atoms with Gasteiger partial charge in [0.1, 0.15) is 24.4 Å². The topological polar surface area (TPSA) is 69.9 Å². The summed E-state index contributed by atoms with van der Waals surface area (Å²) in [5.41, 5.74) is 0. The maximum atomic E-state index is 9.74. The van der Waals surface area contributed by atoms with Crippen molar-refractivity contribution in [2.24, 2.45) is 0 Å². The fraction of sp³-hybridized carbons (Fsp3) is 0.875. The first-order chi connectivity index (χ1) is 9.70. The number of allylic oxidation sites excluding steroid dienone is 1. The predicted molar refractivity (Wildman–Crippen MR) is 79.5 cm³/mol. The molecule has 0 amide bonds. The number of aliphatic hydroxyl groups is 3. The van der Waals surface area contributed by atoms with Crippen LogP contribution < -0.4 is 0 Å². The molecule has 118 valence electrons. The van der Waals surface area contributed by atoms with E-state index < -0.39 is 24.4 Å². The van der Waals surface area contributed by atoms with Crippen LogP contribution in [-0.2, 0) is 4.74 Å². The highest BCUT2D eigenvalue weighted by Gasteiger charge is 2.40. The summed E-state index contributed by atoms with van der Waals surface area (Å²) in [4.78, 5) is 0. The van der Waals surface area contributed by atoms with Gasteiger partial charge in [-0.15, -0.1) is 0 Å². The van der Waals surface area contributed by atoms with E-state index in [2.05, 4.69) is 6.92 Å². The van der Waals surface area contributed by atoms with E-state index >= 15 is 0 Å². The molecular formula is C16H30O4. The molecule has 0 aromatic heterocycles. The summed E-state index contributed by atoms with van der Waals surface area (Å²) >= 11 is 0. The average Bonchev–Trinajstić information content (AvgIpc) is 2.73. The molecule has 0 aromatic rings. The maximum absolute atomic E-state index is 9.74. The van der Waals surface area contributed by atoms with Gasteiger partial charge in [0.2, 0.25) is 0 Å². The van der Waals surface area contributed by atoms with E-state index in [0.29, 0.717) is 0 Å². The van der Waals surface area contributed by atoms with E-state index in [1.54, 1.807) is 6.08 Å². The first-order valence-corrected chi connectivity index (χ1v) is 7.99. The molecule has 0 aliphatic carbocycles. The van der Waals surface area contributed by atoms with Crippen molar-refractivity contribution in [1.82, 2.24) is 0 Å². The highest BCUT2D eigenvalue weighted by Crippen LogP contribution is 2.22. The van der Waals surface area contributed by atoms with Crippen molar-refractivity contribution in [2.75, 3.05) is 6.61 Å². The van der Waals surface area contributed by atoms with Crippen LogP contribution in [0.1, 0.15) is 58.3 Å². The van der Waals surface area contributed by atoms with Crippen molar-refractivity contribution in [2.45, 2.75) is 82.7 Å². The van der Waals surface area contributed by atoms with Crippen molar-refractivity contribution in [3.63, 3.8) is 0 Å². The van der Waals surface area contributed by atoms with Crippen LogP contribution in [0.5, 0.6) is 0 Å². The van der Waals surface area contributed by atoms with Gasteiger partial charge in [-0.3, -0.25) is 0 Å². The Labute approximate surface area is 122 Å². The second-order valence-corrected chi connectivity index (χ2v) is 5.64. The van der Waals surface area contributed by atoms with Gasteiger partial charge >= 0.3 is 0 Å². The Kier molecular flexibility index (Phi) is 9.10. The molecule has 0 radical (unpaired) electrons. The van der Waals surface area contributed by atoms with Crippen molar-refractivity contribution in [3.05, 3.63) is 12.2 Å². The molecule has 1 rings (SSSR count). The zero-order chi connectivity index (χ0) is 14.8. The van der Waals surface area contributed by atoms with E-state index in [-0.39, 0.29) is 6.61 Å². The quantitative estimate of drug-likeness (QED) is 0.425. The number of unbranched alkanes of at least 4 members (excludes halogenated alkanes) is 7. The molecule has 1 fully saturated rings. The third-order valence-corrected chi connectivity index (χ3v) is 3.88. The molecule has 1 aliphatic heterocycles.